The van der Waals surface area contributed by atoms with Crippen molar-refractivity contribution in [3.63, 3.8) is 0 Å². The molecule has 1 amide bonds. The maximum atomic E-state index is 12.9. The summed E-state index contributed by atoms with van der Waals surface area (Å²) >= 11 is 0. The van der Waals surface area contributed by atoms with Gasteiger partial charge < -0.3 is 5.32 Å². The summed E-state index contributed by atoms with van der Waals surface area (Å²) < 4.78 is 53.6. The van der Waals surface area contributed by atoms with Gasteiger partial charge in [0, 0.05) is 20.6 Å². The van der Waals surface area contributed by atoms with E-state index in [1.807, 2.05) is 30.3 Å². The molecule has 3 rings (SSSR count). The summed E-state index contributed by atoms with van der Waals surface area (Å²) in [6, 6.07) is 20.8. The Labute approximate surface area is 194 Å². The number of carbonyl (C=O) groups excluding carboxylic acids is 1. The van der Waals surface area contributed by atoms with Crippen LogP contribution >= 0.6 is 0 Å². The third-order valence-electron chi connectivity index (χ3n) is 4.87. The van der Waals surface area contributed by atoms with Crippen molar-refractivity contribution in [1.29, 1.82) is 0 Å². The first-order valence-corrected chi connectivity index (χ1v) is 13.0. The van der Waals surface area contributed by atoms with Gasteiger partial charge in [0.15, 0.2) is 0 Å². The van der Waals surface area contributed by atoms with E-state index < -0.39 is 26.0 Å². The number of hydrogen-bond acceptors (Lipinski definition) is 5. The summed E-state index contributed by atoms with van der Waals surface area (Å²) in [5, 5.41) is 2.80. The van der Waals surface area contributed by atoms with Gasteiger partial charge >= 0.3 is 0 Å². The molecule has 0 heterocycles. The minimum atomic E-state index is -4.05. The minimum Gasteiger partial charge on any atom is -0.352 e. The highest BCUT2D eigenvalue weighted by molar-refractivity contribution is 7.92. The topological polar surface area (TPSA) is 113 Å². The Hall–Kier alpha value is -3.21. The normalized spacial score (nSPS) is 11.8. The van der Waals surface area contributed by atoms with Gasteiger partial charge in [-0.2, -0.15) is 0 Å². The van der Waals surface area contributed by atoms with Crippen LogP contribution in [0, 0.1) is 0 Å². The smallest absolute Gasteiger partial charge is 0.261 e. The van der Waals surface area contributed by atoms with Crippen LogP contribution in [0.5, 0.6) is 0 Å². The average Bonchev–Trinajstić information content (AvgIpc) is 2.80. The second-order valence-corrected chi connectivity index (χ2v) is 11.2. The van der Waals surface area contributed by atoms with Crippen LogP contribution in [0.15, 0.2) is 88.7 Å². The molecule has 8 nitrogen and oxygen atoms in total. The molecule has 0 aliphatic rings. The summed E-state index contributed by atoms with van der Waals surface area (Å²) in [7, 11) is -4.95. The van der Waals surface area contributed by atoms with Crippen molar-refractivity contribution in [2.45, 2.75) is 16.2 Å². The molecular weight excluding hydrogens is 462 g/mol. The van der Waals surface area contributed by atoms with Crippen LogP contribution in [0.4, 0.5) is 5.69 Å². The van der Waals surface area contributed by atoms with Crippen LogP contribution < -0.4 is 10.0 Å². The summed E-state index contributed by atoms with van der Waals surface area (Å²) in [6.45, 7) is 0.395. The van der Waals surface area contributed by atoms with Gasteiger partial charge in [-0.15, -0.1) is 0 Å². The van der Waals surface area contributed by atoms with Gasteiger partial charge in [0.05, 0.1) is 21.0 Å². The monoisotopic (exact) mass is 487 g/mol. The molecule has 174 valence electrons. The maximum absolute atomic E-state index is 12.9. The minimum absolute atomic E-state index is 0.0235. The Morgan fingerprint density at radius 1 is 0.788 bits per heavy atom. The van der Waals surface area contributed by atoms with E-state index in [1.54, 1.807) is 12.1 Å². The van der Waals surface area contributed by atoms with Crippen molar-refractivity contribution >= 4 is 31.6 Å². The first-order chi connectivity index (χ1) is 15.6. The highest BCUT2D eigenvalue weighted by atomic mass is 32.2. The van der Waals surface area contributed by atoms with E-state index in [9.17, 15) is 21.6 Å². The predicted octanol–water partition coefficient (Wildman–Crippen LogP) is 2.71. The molecule has 0 aliphatic heterocycles. The number of anilines is 1. The molecule has 3 aromatic rings. The molecule has 0 unspecified atom stereocenters. The van der Waals surface area contributed by atoms with E-state index in [0.29, 0.717) is 13.0 Å². The zero-order chi connectivity index (χ0) is 24.1. The number of para-hydroxylation sites is 1. The fraction of sp³-hybridized carbons (Fsp3) is 0.174. The molecule has 0 bridgehead atoms. The maximum Gasteiger partial charge on any atom is 0.261 e. The number of sulfonamides is 2. The van der Waals surface area contributed by atoms with E-state index in [0.717, 1.165) is 9.87 Å². The molecule has 33 heavy (non-hydrogen) atoms. The third-order valence-corrected chi connectivity index (χ3v) is 8.08. The average molecular weight is 488 g/mol. The van der Waals surface area contributed by atoms with Crippen LogP contribution in [-0.4, -0.2) is 47.7 Å². The van der Waals surface area contributed by atoms with Crippen molar-refractivity contribution < 1.29 is 21.6 Å². The number of nitrogens with zero attached hydrogens (tertiary/aromatic N) is 1. The number of rotatable bonds is 9. The van der Waals surface area contributed by atoms with Crippen molar-refractivity contribution in [2.75, 3.05) is 25.4 Å². The van der Waals surface area contributed by atoms with Crippen molar-refractivity contribution in [3.05, 3.63) is 90.0 Å². The summed E-state index contributed by atoms with van der Waals surface area (Å²) in [4.78, 5) is 12.5. The Balaban J connectivity index is 1.74. The lowest BCUT2D eigenvalue weighted by Crippen LogP contribution is -2.27. The largest absolute Gasteiger partial charge is 0.352 e. The molecule has 0 saturated carbocycles. The molecule has 3 aromatic carbocycles. The Bertz CT molecular complexity index is 1320. The van der Waals surface area contributed by atoms with Gasteiger partial charge in [0.25, 0.3) is 15.9 Å². The standard InChI is InChI=1S/C23H25N3O5S2/c1-26(2)33(30,31)20-14-12-19(13-15-20)32(28,29)25-22-11-7-6-10-21(22)23(27)24-17-16-18-8-4-3-5-9-18/h3-15,25H,16-17H2,1-2H3,(H,24,27). The van der Waals surface area contributed by atoms with Crippen molar-refractivity contribution in [3.8, 4) is 0 Å². The second-order valence-electron chi connectivity index (χ2n) is 7.40. The summed E-state index contributed by atoms with van der Waals surface area (Å²) in [5.41, 5.74) is 1.38. The third kappa shape index (κ3) is 5.98. The van der Waals surface area contributed by atoms with E-state index in [1.165, 1.54) is 50.5 Å². The molecule has 0 fully saturated rings. The number of carbonyl (C=O) groups is 1. The summed E-state index contributed by atoms with van der Waals surface area (Å²) in [5.74, 6) is -0.406. The van der Waals surface area contributed by atoms with Crippen LogP contribution in [0.2, 0.25) is 0 Å². The fourth-order valence-electron chi connectivity index (χ4n) is 3.04. The van der Waals surface area contributed by atoms with E-state index in [2.05, 4.69) is 10.0 Å². The Morgan fingerprint density at radius 2 is 1.36 bits per heavy atom. The van der Waals surface area contributed by atoms with Gasteiger partial charge in [0.1, 0.15) is 0 Å². The van der Waals surface area contributed by atoms with Gasteiger partial charge in [-0.1, -0.05) is 42.5 Å². The lowest BCUT2D eigenvalue weighted by atomic mass is 10.1. The first-order valence-electron chi connectivity index (χ1n) is 10.1. The van der Waals surface area contributed by atoms with Crippen molar-refractivity contribution in [2.24, 2.45) is 0 Å². The highest BCUT2D eigenvalue weighted by Crippen LogP contribution is 2.22. The van der Waals surface area contributed by atoms with E-state index in [-0.39, 0.29) is 21.0 Å². The number of nitrogens with one attached hydrogen (secondary N) is 2. The molecule has 0 saturated heterocycles. The van der Waals surface area contributed by atoms with Crippen LogP contribution in [0.3, 0.4) is 0 Å². The molecule has 2 N–H and O–H groups in total. The van der Waals surface area contributed by atoms with Crippen LogP contribution in [0.1, 0.15) is 15.9 Å². The van der Waals surface area contributed by atoms with Gasteiger partial charge in [0.2, 0.25) is 10.0 Å². The molecule has 0 atom stereocenters. The lowest BCUT2D eigenvalue weighted by Gasteiger charge is -2.14. The predicted molar refractivity (Wildman–Crippen MR) is 127 cm³/mol. The van der Waals surface area contributed by atoms with Crippen LogP contribution in [-0.2, 0) is 26.5 Å². The fourth-order valence-corrected chi connectivity index (χ4v) is 5.02. The number of amides is 1. The number of benzene rings is 3. The van der Waals surface area contributed by atoms with Gasteiger partial charge in [-0.25, -0.2) is 21.1 Å². The Kier molecular flexibility index (Phi) is 7.52. The molecule has 0 aliphatic carbocycles. The highest BCUT2D eigenvalue weighted by Gasteiger charge is 2.21. The van der Waals surface area contributed by atoms with E-state index in [4.69, 9.17) is 0 Å². The molecule has 0 radical (unpaired) electrons. The zero-order valence-electron chi connectivity index (χ0n) is 18.2. The molecule has 0 aromatic heterocycles. The first kappa shape index (κ1) is 24.4. The zero-order valence-corrected chi connectivity index (χ0v) is 19.9. The molecule has 10 heteroatoms. The number of hydrogen-bond donors (Lipinski definition) is 2. The van der Waals surface area contributed by atoms with Crippen LogP contribution in [0.25, 0.3) is 0 Å². The van der Waals surface area contributed by atoms with Gasteiger partial charge in [-0.3, -0.25) is 9.52 Å². The Morgan fingerprint density at radius 3 is 2.00 bits per heavy atom. The van der Waals surface area contributed by atoms with Gasteiger partial charge in [-0.05, 0) is 48.4 Å². The quantitative estimate of drug-likeness (QED) is 0.482. The SMILES string of the molecule is CN(C)S(=O)(=O)c1ccc(S(=O)(=O)Nc2ccccc2C(=O)NCCc2ccccc2)cc1. The lowest BCUT2D eigenvalue weighted by molar-refractivity contribution is 0.0955. The summed E-state index contributed by atoms with van der Waals surface area (Å²) in [6.07, 6.45) is 0.642. The van der Waals surface area contributed by atoms with E-state index >= 15 is 0 Å². The molecular formula is C23H25N3O5S2. The van der Waals surface area contributed by atoms with Crippen molar-refractivity contribution in [1.82, 2.24) is 9.62 Å². The molecule has 0 spiro atoms. The second kappa shape index (κ2) is 10.2.